The quantitative estimate of drug-likeness (QED) is 0.635. The molecule has 2 aromatic rings. The molecule has 1 heterocycles. The van der Waals surface area contributed by atoms with Crippen LogP contribution in [0.25, 0.3) is 0 Å². The summed E-state index contributed by atoms with van der Waals surface area (Å²) in [5, 5.41) is 20.4. The van der Waals surface area contributed by atoms with Crippen molar-refractivity contribution in [1.82, 2.24) is 0 Å². The molecule has 5 nitrogen and oxygen atoms in total. The van der Waals surface area contributed by atoms with E-state index in [0.29, 0.717) is 11.3 Å². The number of hydrogen-bond acceptors (Lipinski definition) is 4. The van der Waals surface area contributed by atoms with Gasteiger partial charge in [-0.15, -0.1) is 0 Å². The number of nitro groups is 1. The summed E-state index contributed by atoms with van der Waals surface area (Å²) >= 11 is 0. The first kappa shape index (κ1) is 15.0. The van der Waals surface area contributed by atoms with Gasteiger partial charge >= 0.3 is 0 Å². The van der Waals surface area contributed by atoms with E-state index >= 15 is 0 Å². The third kappa shape index (κ3) is 2.64. The maximum absolute atomic E-state index is 11.4. The Balaban J connectivity index is 2.09. The zero-order valence-corrected chi connectivity index (χ0v) is 12.9. The summed E-state index contributed by atoms with van der Waals surface area (Å²) < 4.78 is 0. The van der Waals surface area contributed by atoms with Crippen LogP contribution in [-0.2, 0) is 6.42 Å². The Morgan fingerprint density at radius 1 is 1.35 bits per heavy atom. The van der Waals surface area contributed by atoms with Gasteiger partial charge in [-0.25, -0.2) is 0 Å². The van der Waals surface area contributed by atoms with Crippen molar-refractivity contribution < 1.29 is 4.92 Å². The van der Waals surface area contributed by atoms with Gasteiger partial charge in [0.1, 0.15) is 5.69 Å². The summed E-state index contributed by atoms with van der Waals surface area (Å²) in [5.74, 6) is 0. The van der Waals surface area contributed by atoms with Crippen molar-refractivity contribution in [2.24, 2.45) is 0 Å². The lowest BCUT2D eigenvalue weighted by molar-refractivity contribution is -0.384. The Hall–Kier alpha value is -2.87. The largest absolute Gasteiger partial charge is 0.359 e. The third-order valence-electron chi connectivity index (χ3n) is 4.41. The van der Waals surface area contributed by atoms with E-state index in [-0.39, 0.29) is 11.7 Å². The van der Waals surface area contributed by atoms with E-state index < -0.39 is 4.92 Å². The molecule has 1 atom stereocenters. The Morgan fingerprint density at radius 3 is 2.83 bits per heavy atom. The van der Waals surface area contributed by atoms with E-state index in [1.165, 1.54) is 17.2 Å². The summed E-state index contributed by atoms with van der Waals surface area (Å²) in [7, 11) is 0. The SMILES string of the molecule is CCC1c2ccccc2CCN1c1ccc(C#N)cc1[N+](=O)[O-]. The summed E-state index contributed by atoms with van der Waals surface area (Å²) in [6.07, 6.45) is 1.73. The highest BCUT2D eigenvalue weighted by Gasteiger charge is 2.30. The van der Waals surface area contributed by atoms with E-state index in [0.717, 1.165) is 19.4 Å². The Kier molecular flexibility index (Phi) is 3.98. The van der Waals surface area contributed by atoms with Gasteiger partial charge in [0, 0.05) is 12.6 Å². The predicted molar refractivity (Wildman–Crippen MR) is 88.3 cm³/mol. The number of nitro benzene ring substituents is 1. The minimum Gasteiger partial charge on any atom is -0.359 e. The molecule has 0 spiro atoms. The molecular formula is C18H17N3O2. The van der Waals surface area contributed by atoms with Crippen LogP contribution in [0.3, 0.4) is 0 Å². The molecule has 5 heteroatoms. The molecule has 0 amide bonds. The number of nitriles is 1. The molecule has 23 heavy (non-hydrogen) atoms. The molecule has 0 aromatic heterocycles. The molecule has 0 N–H and O–H groups in total. The molecule has 0 saturated heterocycles. The molecule has 1 aliphatic rings. The number of fused-ring (bicyclic) bond motifs is 1. The first-order valence-corrected chi connectivity index (χ1v) is 7.68. The van der Waals surface area contributed by atoms with Gasteiger partial charge in [0.25, 0.3) is 5.69 Å². The second-order valence-corrected chi connectivity index (χ2v) is 5.64. The van der Waals surface area contributed by atoms with E-state index in [1.54, 1.807) is 12.1 Å². The van der Waals surface area contributed by atoms with Crippen LogP contribution in [0.4, 0.5) is 11.4 Å². The molecule has 0 radical (unpaired) electrons. The van der Waals surface area contributed by atoms with Crippen LogP contribution in [0.5, 0.6) is 0 Å². The Bertz CT molecular complexity index is 795. The van der Waals surface area contributed by atoms with E-state index in [1.807, 2.05) is 18.2 Å². The highest BCUT2D eigenvalue weighted by atomic mass is 16.6. The first-order chi connectivity index (χ1) is 11.2. The van der Waals surface area contributed by atoms with Gasteiger partial charge in [0.2, 0.25) is 0 Å². The number of hydrogen-bond donors (Lipinski definition) is 0. The number of benzene rings is 2. The van der Waals surface area contributed by atoms with Gasteiger partial charge in [-0.05, 0) is 36.1 Å². The van der Waals surface area contributed by atoms with Gasteiger partial charge < -0.3 is 4.90 Å². The molecular weight excluding hydrogens is 290 g/mol. The maximum Gasteiger partial charge on any atom is 0.293 e. The average molecular weight is 307 g/mol. The van der Waals surface area contributed by atoms with Crippen LogP contribution in [0.15, 0.2) is 42.5 Å². The van der Waals surface area contributed by atoms with Crippen LogP contribution in [-0.4, -0.2) is 11.5 Å². The fraction of sp³-hybridized carbons (Fsp3) is 0.278. The van der Waals surface area contributed by atoms with Crippen LogP contribution in [0, 0.1) is 21.4 Å². The highest BCUT2D eigenvalue weighted by molar-refractivity contribution is 5.67. The molecule has 0 saturated carbocycles. The van der Waals surface area contributed by atoms with Crippen molar-refractivity contribution in [2.45, 2.75) is 25.8 Å². The molecule has 116 valence electrons. The molecule has 1 unspecified atom stereocenters. The summed E-state index contributed by atoms with van der Waals surface area (Å²) in [4.78, 5) is 13.1. The van der Waals surface area contributed by atoms with E-state index in [9.17, 15) is 10.1 Å². The number of rotatable bonds is 3. The molecule has 0 aliphatic carbocycles. The smallest absolute Gasteiger partial charge is 0.293 e. The van der Waals surface area contributed by atoms with Crippen LogP contribution in [0.1, 0.15) is 36.1 Å². The minimum absolute atomic E-state index is 0.00174. The molecule has 0 bridgehead atoms. The van der Waals surface area contributed by atoms with Crippen LogP contribution >= 0.6 is 0 Å². The van der Waals surface area contributed by atoms with E-state index in [2.05, 4.69) is 24.0 Å². The van der Waals surface area contributed by atoms with Crippen molar-refractivity contribution in [3.05, 3.63) is 69.3 Å². The van der Waals surface area contributed by atoms with Gasteiger partial charge in [-0.1, -0.05) is 31.2 Å². The fourth-order valence-corrected chi connectivity index (χ4v) is 3.36. The third-order valence-corrected chi connectivity index (χ3v) is 4.41. The molecule has 3 rings (SSSR count). The topological polar surface area (TPSA) is 70.2 Å². The number of nitrogens with zero attached hydrogens (tertiary/aromatic N) is 3. The van der Waals surface area contributed by atoms with Crippen LogP contribution in [0.2, 0.25) is 0 Å². The number of anilines is 1. The maximum atomic E-state index is 11.4. The Labute approximate surface area is 134 Å². The minimum atomic E-state index is -0.399. The van der Waals surface area contributed by atoms with Gasteiger partial charge in [0.15, 0.2) is 0 Å². The monoisotopic (exact) mass is 307 g/mol. The van der Waals surface area contributed by atoms with E-state index in [4.69, 9.17) is 5.26 Å². The Morgan fingerprint density at radius 2 is 2.13 bits per heavy atom. The zero-order valence-electron chi connectivity index (χ0n) is 12.9. The summed E-state index contributed by atoms with van der Waals surface area (Å²) in [6, 6.07) is 15.1. The van der Waals surface area contributed by atoms with Crippen molar-refractivity contribution >= 4 is 11.4 Å². The average Bonchev–Trinajstić information content (AvgIpc) is 2.60. The second kappa shape index (κ2) is 6.09. The van der Waals surface area contributed by atoms with Crippen molar-refractivity contribution in [3.8, 4) is 6.07 Å². The predicted octanol–water partition coefficient (Wildman–Crippen LogP) is 3.98. The molecule has 2 aromatic carbocycles. The van der Waals surface area contributed by atoms with Gasteiger partial charge in [-0.2, -0.15) is 5.26 Å². The van der Waals surface area contributed by atoms with Gasteiger partial charge in [-0.3, -0.25) is 10.1 Å². The highest BCUT2D eigenvalue weighted by Crippen LogP contribution is 2.39. The molecule has 1 aliphatic heterocycles. The van der Waals surface area contributed by atoms with Gasteiger partial charge in [0.05, 0.1) is 22.6 Å². The second-order valence-electron chi connectivity index (χ2n) is 5.64. The lowest BCUT2D eigenvalue weighted by Gasteiger charge is -2.38. The molecule has 0 fully saturated rings. The normalized spacial score (nSPS) is 16.5. The van der Waals surface area contributed by atoms with Crippen molar-refractivity contribution in [3.63, 3.8) is 0 Å². The van der Waals surface area contributed by atoms with Crippen molar-refractivity contribution in [1.29, 1.82) is 5.26 Å². The first-order valence-electron chi connectivity index (χ1n) is 7.68. The summed E-state index contributed by atoms with van der Waals surface area (Å²) in [6.45, 7) is 2.83. The fourth-order valence-electron chi connectivity index (χ4n) is 3.36. The lowest BCUT2D eigenvalue weighted by Crippen LogP contribution is -2.35. The van der Waals surface area contributed by atoms with Crippen molar-refractivity contribution in [2.75, 3.05) is 11.4 Å². The zero-order chi connectivity index (χ0) is 16.4. The standard InChI is InChI=1S/C18H17N3O2/c1-2-16-15-6-4-3-5-14(15)9-10-20(16)17-8-7-13(12-19)11-18(17)21(22)23/h3-8,11,16H,2,9-10H2,1H3. The summed E-state index contributed by atoms with van der Waals surface area (Å²) in [5.41, 5.74) is 3.45. The van der Waals surface area contributed by atoms with Crippen LogP contribution < -0.4 is 4.90 Å². The lowest BCUT2D eigenvalue weighted by atomic mass is 9.90.